The van der Waals surface area contributed by atoms with Gasteiger partial charge in [0.2, 0.25) is 0 Å². The minimum atomic E-state index is -0.974. The van der Waals surface area contributed by atoms with Crippen LogP contribution in [0.15, 0.2) is 36.4 Å². The fourth-order valence-corrected chi connectivity index (χ4v) is 4.28. The highest BCUT2D eigenvalue weighted by Crippen LogP contribution is 2.39. The van der Waals surface area contributed by atoms with Crippen LogP contribution in [0, 0.1) is 11.6 Å². The van der Waals surface area contributed by atoms with Crippen LogP contribution >= 0.6 is 11.3 Å². The first-order valence-corrected chi connectivity index (χ1v) is 11.4. The number of thiophene rings is 1. The number of benzene rings is 1. The summed E-state index contributed by atoms with van der Waals surface area (Å²) in [5.74, 6) is -2.41. The number of hydrogen-bond donors (Lipinski definition) is 4. The summed E-state index contributed by atoms with van der Waals surface area (Å²) >= 11 is 0.966. The summed E-state index contributed by atoms with van der Waals surface area (Å²) in [6.45, 7) is 4.95. The molecule has 0 aliphatic rings. The van der Waals surface area contributed by atoms with Crippen molar-refractivity contribution >= 4 is 28.1 Å². The van der Waals surface area contributed by atoms with Gasteiger partial charge < -0.3 is 26.0 Å². The number of primary amides is 1. The minimum Gasteiger partial charge on any atom is -0.396 e. The lowest BCUT2D eigenvalue weighted by Gasteiger charge is -2.16. The first kappa shape index (κ1) is 25.7. The maximum absolute atomic E-state index is 14.8. The topological polar surface area (TPSA) is 118 Å². The molecular weight excluding hydrogens is 464 g/mol. The van der Waals surface area contributed by atoms with Gasteiger partial charge in [0.05, 0.1) is 35.6 Å². The monoisotopic (exact) mass is 491 g/mol. The zero-order valence-corrected chi connectivity index (χ0v) is 19.9. The lowest BCUT2D eigenvalue weighted by atomic mass is 9.99. The summed E-state index contributed by atoms with van der Waals surface area (Å²) in [5.41, 5.74) is 5.23. The zero-order valence-electron chi connectivity index (χ0n) is 19.1. The molecule has 1 amide bonds. The number of ether oxygens (including phenoxy) is 1. The molecule has 182 valence electrons. The van der Waals surface area contributed by atoms with Crippen LogP contribution in [0.2, 0.25) is 0 Å². The molecule has 0 saturated carbocycles. The first-order chi connectivity index (χ1) is 16.0. The van der Waals surface area contributed by atoms with Gasteiger partial charge in [0.1, 0.15) is 22.5 Å². The predicted molar refractivity (Wildman–Crippen MR) is 127 cm³/mol. The van der Waals surface area contributed by atoms with Crippen molar-refractivity contribution in [3.63, 3.8) is 0 Å². The van der Waals surface area contributed by atoms with E-state index in [0.29, 0.717) is 17.1 Å². The predicted octanol–water partition coefficient (Wildman–Crippen LogP) is 4.31. The van der Waals surface area contributed by atoms with E-state index in [2.05, 4.69) is 10.3 Å². The highest BCUT2D eigenvalue weighted by molar-refractivity contribution is 7.20. The smallest absolute Gasteiger partial charge is 0.251 e. The van der Waals surface area contributed by atoms with Crippen molar-refractivity contribution in [2.24, 2.45) is 5.73 Å². The van der Waals surface area contributed by atoms with Gasteiger partial charge in [-0.2, -0.15) is 0 Å². The lowest BCUT2D eigenvalue weighted by molar-refractivity contribution is -0.0276. The van der Waals surface area contributed by atoms with E-state index in [9.17, 15) is 23.8 Å². The lowest BCUT2D eigenvalue weighted by Crippen LogP contribution is -2.25. The summed E-state index contributed by atoms with van der Waals surface area (Å²) in [4.78, 5) is 16.6. The number of halogens is 2. The molecule has 1 atom stereocenters. The number of carbonyl (C=O) groups is 1. The minimum absolute atomic E-state index is 0.0667. The molecule has 0 aliphatic heterocycles. The molecule has 5 N–H and O–H groups in total. The number of amides is 1. The second kappa shape index (κ2) is 10.6. The Balaban J connectivity index is 1.89. The van der Waals surface area contributed by atoms with Crippen LogP contribution in [0.5, 0.6) is 0 Å². The van der Waals surface area contributed by atoms with Crippen LogP contribution in [0.1, 0.15) is 48.3 Å². The SMILES string of the molecule is CC(CO)c1cc(F)c(-c2cc(C(N)=O)c(Nc3cccc(COCC(C)(C)O)n3)s2)c(F)c1. The highest BCUT2D eigenvalue weighted by atomic mass is 32.1. The van der Waals surface area contributed by atoms with Crippen molar-refractivity contribution in [1.82, 2.24) is 4.98 Å². The summed E-state index contributed by atoms with van der Waals surface area (Å²) in [7, 11) is 0. The van der Waals surface area contributed by atoms with Crippen LogP contribution < -0.4 is 11.1 Å². The number of aliphatic hydroxyl groups is 2. The maximum atomic E-state index is 14.8. The summed E-state index contributed by atoms with van der Waals surface area (Å²) in [6, 6.07) is 8.82. The molecule has 0 fully saturated rings. The summed E-state index contributed by atoms with van der Waals surface area (Å²) in [5, 5.41) is 22.3. The maximum Gasteiger partial charge on any atom is 0.251 e. The number of aliphatic hydroxyl groups excluding tert-OH is 1. The molecule has 1 aromatic carbocycles. The number of aromatic nitrogens is 1. The van der Waals surface area contributed by atoms with E-state index < -0.39 is 29.1 Å². The van der Waals surface area contributed by atoms with Crippen LogP contribution in [0.4, 0.5) is 19.6 Å². The van der Waals surface area contributed by atoms with Gasteiger partial charge in [-0.15, -0.1) is 11.3 Å². The number of nitrogens with one attached hydrogen (secondary N) is 1. The Hall–Kier alpha value is -2.92. The number of nitrogens with two attached hydrogens (primary N) is 1. The molecule has 7 nitrogen and oxygen atoms in total. The molecule has 0 spiro atoms. The average molecular weight is 492 g/mol. The molecule has 0 aliphatic carbocycles. The van der Waals surface area contributed by atoms with Crippen molar-refractivity contribution in [3.05, 3.63) is 64.9 Å². The Morgan fingerprint density at radius 1 is 1.26 bits per heavy atom. The molecule has 3 rings (SSSR count). The van der Waals surface area contributed by atoms with Gasteiger partial charge in [0.25, 0.3) is 5.91 Å². The van der Waals surface area contributed by atoms with E-state index >= 15 is 0 Å². The molecule has 3 aromatic rings. The fourth-order valence-electron chi connectivity index (χ4n) is 3.16. The summed E-state index contributed by atoms with van der Waals surface area (Å²) < 4.78 is 35.1. The third-order valence-electron chi connectivity index (χ3n) is 4.90. The molecule has 0 saturated heterocycles. The third-order valence-corrected chi connectivity index (χ3v) is 5.97. The second-order valence-corrected chi connectivity index (χ2v) is 9.66. The molecule has 0 radical (unpaired) electrons. The Bertz CT molecular complexity index is 1150. The van der Waals surface area contributed by atoms with E-state index in [1.165, 1.54) is 18.2 Å². The molecule has 1 unspecified atom stereocenters. The van der Waals surface area contributed by atoms with Crippen molar-refractivity contribution in [1.29, 1.82) is 0 Å². The number of rotatable bonds is 10. The number of carbonyl (C=O) groups excluding carboxylic acids is 1. The van der Waals surface area contributed by atoms with Crippen molar-refractivity contribution in [3.8, 4) is 10.4 Å². The Kier molecular flexibility index (Phi) is 7.98. The van der Waals surface area contributed by atoms with E-state index in [1.54, 1.807) is 39.0 Å². The Morgan fingerprint density at radius 3 is 2.53 bits per heavy atom. The third kappa shape index (κ3) is 6.35. The normalized spacial score (nSPS) is 12.6. The Labute approximate surface area is 200 Å². The summed E-state index contributed by atoms with van der Waals surface area (Å²) in [6.07, 6.45) is 0. The van der Waals surface area contributed by atoms with Gasteiger partial charge in [-0.25, -0.2) is 13.8 Å². The van der Waals surface area contributed by atoms with E-state index in [0.717, 1.165) is 11.3 Å². The number of pyridine rings is 1. The van der Waals surface area contributed by atoms with Crippen LogP contribution in [-0.2, 0) is 11.3 Å². The molecule has 34 heavy (non-hydrogen) atoms. The van der Waals surface area contributed by atoms with Gasteiger partial charge in [0.15, 0.2) is 0 Å². The second-order valence-electron chi connectivity index (χ2n) is 8.61. The number of nitrogens with zero attached hydrogens (tertiary/aromatic N) is 1. The van der Waals surface area contributed by atoms with Crippen LogP contribution in [0.25, 0.3) is 10.4 Å². The van der Waals surface area contributed by atoms with E-state index in [-0.39, 0.29) is 40.8 Å². The van der Waals surface area contributed by atoms with Crippen molar-refractivity contribution < 1.29 is 28.5 Å². The van der Waals surface area contributed by atoms with Gasteiger partial charge in [-0.1, -0.05) is 13.0 Å². The highest BCUT2D eigenvalue weighted by Gasteiger charge is 2.22. The fraction of sp³-hybridized carbons (Fsp3) is 0.333. The first-order valence-electron chi connectivity index (χ1n) is 10.6. The molecule has 10 heteroatoms. The van der Waals surface area contributed by atoms with Crippen LogP contribution in [0.3, 0.4) is 0 Å². The van der Waals surface area contributed by atoms with Gasteiger partial charge in [0, 0.05) is 17.4 Å². The van der Waals surface area contributed by atoms with Crippen LogP contribution in [-0.4, -0.2) is 39.9 Å². The average Bonchev–Trinajstić information content (AvgIpc) is 3.15. The number of anilines is 2. The molecular formula is C24H27F2N3O4S. The zero-order chi connectivity index (χ0) is 25.0. The van der Waals surface area contributed by atoms with Crippen molar-refractivity contribution in [2.45, 2.75) is 38.9 Å². The molecule has 2 aromatic heterocycles. The van der Waals surface area contributed by atoms with E-state index in [1.807, 2.05) is 0 Å². The molecule has 2 heterocycles. The Morgan fingerprint density at radius 2 is 1.94 bits per heavy atom. The quantitative estimate of drug-likeness (QED) is 0.336. The van der Waals surface area contributed by atoms with E-state index in [4.69, 9.17) is 10.5 Å². The number of hydrogen-bond acceptors (Lipinski definition) is 7. The van der Waals surface area contributed by atoms with Crippen molar-refractivity contribution in [2.75, 3.05) is 18.5 Å². The largest absolute Gasteiger partial charge is 0.396 e. The van der Waals surface area contributed by atoms with Gasteiger partial charge in [-0.05, 0) is 49.7 Å². The standard InChI is InChI=1S/C24H27F2N3O4S/c1-13(10-30)14-7-17(25)21(18(26)8-14)19-9-16(22(27)31)23(34-19)29-20-6-4-5-15(28-20)11-33-12-24(2,3)32/h4-9,13,30,32H,10-12H2,1-3H3,(H2,27,31)(H,28,29). The molecule has 0 bridgehead atoms. The van der Waals surface area contributed by atoms with Gasteiger partial charge >= 0.3 is 0 Å². The van der Waals surface area contributed by atoms with Gasteiger partial charge in [-0.3, -0.25) is 4.79 Å².